The summed E-state index contributed by atoms with van der Waals surface area (Å²) in [7, 11) is 0. The Hall–Kier alpha value is -3.93. The van der Waals surface area contributed by atoms with Gasteiger partial charge in [0.2, 0.25) is 11.8 Å². The van der Waals surface area contributed by atoms with Crippen molar-refractivity contribution in [2.45, 2.75) is 19.9 Å². The van der Waals surface area contributed by atoms with Crippen LogP contribution in [-0.2, 0) is 16.1 Å². The van der Waals surface area contributed by atoms with Crippen LogP contribution in [0.5, 0.6) is 0 Å². The highest BCUT2D eigenvalue weighted by Crippen LogP contribution is 2.25. The molecule has 6 nitrogen and oxygen atoms in total. The van der Waals surface area contributed by atoms with E-state index in [9.17, 15) is 14.4 Å². The molecule has 0 aromatic heterocycles. The number of nitrogens with zero attached hydrogens (tertiary/aromatic N) is 1. The lowest BCUT2D eigenvalue weighted by Gasteiger charge is -2.16. The minimum atomic E-state index is -0.382. The summed E-state index contributed by atoms with van der Waals surface area (Å²) < 4.78 is 0. The molecule has 1 unspecified atom stereocenters. The summed E-state index contributed by atoms with van der Waals surface area (Å²) in [6.07, 6.45) is 0.202. The molecule has 162 valence electrons. The Morgan fingerprint density at radius 1 is 0.969 bits per heavy atom. The van der Waals surface area contributed by atoms with E-state index in [2.05, 4.69) is 10.6 Å². The van der Waals surface area contributed by atoms with E-state index in [4.69, 9.17) is 0 Å². The molecular formula is C26H25N3O3. The van der Waals surface area contributed by atoms with Gasteiger partial charge in [-0.1, -0.05) is 48.0 Å². The van der Waals surface area contributed by atoms with Gasteiger partial charge in [0.1, 0.15) is 0 Å². The quantitative estimate of drug-likeness (QED) is 0.626. The minimum absolute atomic E-state index is 0.0443. The second-order valence-electron chi connectivity index (χ2n) is 7.98. The molecule has 0 spiro atoms. The van der Waals surface area contributed by atoms with Gasteiger partial charge in [-0.25, -0.2) is 0 Å². The standard InChI is InChI=1S/C26H25N3O3/c1-18-10-12-20(13-11-18)26(32)28-22-7-5-6-19(14-22)16-27-25(31)21-15-24(30)29(17-21)23-8-3-2-4-9-23/h2-14,21H,15-17H2,1H3,(H,27,31)(H,28,32). The number of anilines is 2. The van der Waals surface area contributed by atoms with Crippen LogP contribution in [0.3, 0.4) is 0 Å². The molecule has 0 saturated carbocycles. The number of amides is 3. The first kappa shape index (κ1) is 21.3. The summed E-state index contributed by atoms with van der Waals surface area (Å²) in [5.41, 5.74) is 4.01. The third-order valence-corrected chi connectivity index (χ3v) is 5.53. The van der Waals surface area contributed by atoms with Gasteiger partial charge in [0.15, 0.2) is 0 Å². The van der Waals surface area contributed by atoms with Gasteiger partial charge in [-0.15, -0.1) is 0 Å². The second-order valence-corrected chi connectivity index (χ2v) is 7.98. The Balaban J connectivity index is 1.33. The largest absolute Gasteiger partial charge is 0.352 e. The Bertz CT molecular complexity index is 1130. The van der Waals surface area contributed by atoms with E-state index in [1.54, 1.807) is 17.0 Å². The fourth-order valence-corrected chi connectivity index (χ4v) is 3.74. The number of aryl methyl sites for hydroxylation is 1. The van der Waals surface area contributed by atoms with Crippen molar-refractivity contribution in [3.8, 4) is 0 Å². The first-order valence-corrected chi connectivity index (χ1v) is 10.6. The second kappa shape index (κ2) is 9.47. The first-order chi connectivity index (χ1) is 15.5. The molecule has 4 rings (SSSR count). The van der Waals surface area contributed by atoms with Crippen LogP contribution in [0.25, 0.3) is 0 Å². The molecule has 3 aromatic rings. The molecule has 3 aromatic carbocycles. The predicted molar refractivity (Wildman–Crippen MR) is 124 cm³/mol. The number of rotatable bonds is 6. The van der Waals surface area contributed by atoms with Crippen LogP contribution in [0.2, 0.25) is 0 Å². The minimum Gasteiger partial charge on any atom is -0.352 e. The van der Waals surface area contributed by atoms with E-state index in [1.807, 2.05) is 73.7 Å². The van der Waals surface area contributed by atoms with Crippen LogP contribution in [0, 0.1) is 12.8 Å². The topological polar surface area (TPSA) is 78.5 Å². The fourth-order valence-electron chi connectivity index (χ4n) is 3.74. The zero-order valence-electron chi connectivity index (χ0n) is 17.9. The molecule has 3 amide bonds. The zero-order chi connectivity index (χ0) is 22.5. The molecule has 1 aliphatic rings. The summed E-state index contributed by atoms with van der Waals surface area (Å²) in [6.45, 7) is 2.67. The molecule has 1 heterocycles. The van der Waals surface area contributed by atoms with E-state index in [0.29, 0.717) is 24.3 Å². The number of carbonyl (C=O) groups is 3. The summed E-state index contributed by atoms with van der Waals surface area (Å²) in [4.78, 5) is 39.1. The van der Waals surface area contributed by atoms with Crippen LogP contribution in [-0.4, -0.2) is 24.3 Å². The van der Waals surface area contributed by atoms with Crippen molar-refractivity contribution in [2.75, 3.05) is 16.8 Å². The number of hydrogen-bond acceptors (Lipinski definition) is 3. The van der Waals surface area contributed by atoms with Gasteiger partial charge in [-0.05, 0) is 48.9 Å². The van der Waals surface area contributed by atoms with Crippen LogP contribution in [0.4, 0.5) is 11.4 Å². The fraction of sp³-hybridized carbons (Fsp3) is 0.192. The number of benzene rings is 3. The molecule has 32 heavy (non-hydrogen) atoms. The van der Waals surface area contributed by atoms with Gasteiger partial charge in [0, 0.05) is 36.4 Å². The van der Waals surface area contributed by atoms with Gasteiger partial charge >= 0.3 is 0 Å². The lowest BCUT2D eigenvalue weighted by Crippen LogP contribution is -2.32. The van der Waals surface area contributed by atoms with E-state index in [0.717, 1.165) is 16.8 Å². The van der Waals surface area contributed by atoms with E-state index in [1.165, 1.54) is 0 Å². The molecular weight excluding hydrogens is 402 g/mol. The number of para-hydroxylation sites is 1. The molecule has 1 aliphatic heterocycles. The van der Waals surface area contributed by atoms with Crippen molar-refractivity contribution < 1.29 is 14.4 Å². The maximum Gasteiger partial charge on any atom is 0.255 e. The molecule has 6 heteroatoms. The molecule has 0 radical (unpaired) electrons. The molecule has 1 fully saturated rings. The highest BCUT2D eigenvalue weighted by molar-refractivity contribution is 6.04. The lowest BCUT2D eigenvalue weighted by atomic mass is 10.1. The van der Waals surface area contributed by atoms with Gasteiger partial charge in [0.05, 0.1) is 5.92 Å². The highest BCUT2D eigenvalue weighted by atomic mass is 16.2. The van der Waals surface area contributed by atoms with Crippen molar-refractivity contribution >= 4 is 29.1 Å². The molecule has 0 aliphatic carbocycles. The number of carbonyl (C=O) groups excluding carboxylic acids is 3. The lowest BCUT2D eigenvalue weighted by molar-refractivity contribution is -0.126. The Morgan fingerprint density at radius 2 is 1.72 bits per heavy atom. The maximum atomic E-state index is 12.7. The maximum absolute atomic E-state index is 12.7. The van der Waals surface area contributed by atoms with Crippen molar-refractivity contribution in [1.82, 2.24) is 5.32 Å². The van der Waals surface area contributed by atoms with Gasteiger partial charge in [-0.2, -0.15) is 0 Å². The third-order valence-electron chi connectivity index (χ3n) is 5.53. The molecule has 2 N–H and O–H groups in total. The number of hydrogen-bond donors (Lipinski definition) is 2. The van der Waals surface area contributed by atoms with Gasteiger partial charge in [0.25, 0.3) is 5.91 Å². The summed E-state index contributed by atoms with van der Waals surface area (Å²) >= 11 is 0. The van der Waals surface area contributed by atoms with Crippen LogP contribution in [0.1, 0.15) is 27.9 Å². The molecule has 1 saturated heterocycles. The average Bonchev–Trinajstić information content (AvgIpc) is 3.20. The zero-order valence-corrected chi connectivity index (χ0v) is 17.9. The number of nitrogens with one attached hydrogen (secondary N) is 2. The summed E-state index contributed by atoms with van der Waals surface area (Å²) in [6, 6.07) is 24.1. The monoisotopic (exact) mass is 427 g/mol. The molecule has 1 atom stereocenters. The van der Waals surface area contributed by atoms with Crippen molar-refractivity contribution in [3.63, 3.8) is 0 Å². The van der Waals surface area contributed by atoms with Crippen molar-refractivity contribution in [1.29, 1.82) is 0 Å². The van der Waals surface area contributed by atoms with Crippen molar-refractivity contribution in [3.05, 3.63) is 95.6 Å². The van der Waals surface area contributed by atoms with Gasteiger partial charge < -0.3 is 15.5 Å². The van der Waals surface area contributed by atoms with Crippen LogP contribution in [0.15, 0.2) is 78.9 Å². The highest BCUT2D eigenvalue weighted by Gasteiger charge is 2.34. The Labute approximate surface area is 187 Å². The van der Waals surface area contributed by atoms with Gasteiger partial charge in [-0.3, -0.25) is 14.4 Å². The van der Waals surface area contributed by atoms with Crippen LogP contribution >= 0.6 is 0 Å². The summed E-state index contributed by atoms with van der Waals surface area (Å²) in [5.74, 6) is -0.758. The normalized spacial score (nSPS) is 15.5. The third kappa shape index (κ3) is 5.03. The summed E-state index contributed by atoms with van der Waals surface area (Å²) in [5, 5.41) is 5.81. The average molecular weight is 428 g/mol. The Morgan fingerprint density at radius 3 is 2.47 bits per heavy atom. The Kier molecular flexibility index (Phi) is 6.31. The smallest absolute Gasteiger partial charge is 0.255 e. The predicted octanol–water partition coefficient (Wildman–Crippen LogP) is 3.92. The molecule has 0 bridgehead atoms. The van der Waals surface area contributed by atoms with Crippen LogP contribution < -0.4 is 15.5 Å². The van der Waals surface area contributed by atoms with E-state index < -0.39 is 0 Å². The first-order valence-electron chi connectivity index (χ1n) is 10.6. The van der Waals surface area contributed by atoms with E-state index in [-0.39, 0.29) is 30.1 Å². The van der Waals surface area contributed by atoms with E-state index >= 15 is 0 Å². The van der Waals surface area contributed by atoms with Crippen molar-refractivity contribution in [2.24, 2.45) is 5.92 Å². The SMILES string of the molecule is Cc1ccc(C(=O)Nc2cccc(CNC(=O)C3CC(=O)N(c4ccccc4)C3)c2)cc1.